The average Bonchev–Trinajstić information content (AvgIpc) is 3.33. The highest BCUT2D eigenvalue weighted by molar-refractivity contribution is 7.99. The molecule has 4 aromatic carbocycles. The highest BCUT2D eigenvalue weighted by Gasteiger charge is 2.15. The first-order valence-corrected chi connectivity index (χ1v) is 12.3. The molecule has 34 heavy (non-hydrogen) atoms. The zero-order chi connectivity index (χ0) is 23.3. The van der Waals surface area contributed by atoms with Crippen LogP contribution in [0.4, 0.5) is 0 Å². The van der Waals surface area contributed by atoms with Gasteiger partial charge in [-0.05, 0) is 35.4 Å². The average molecular weight is 481 g/mol. The van der Waals surface area contributed by atoms with Crippen LogP contribution in [0.1, 0.15) is 10.4 Å². The molecule has 166 valence electrons. The molecule has 0 saturated carbocycles. The van der Waals surface area contributed by atoms with Crippen molar-refractivity contribution in [2.45, 2.75) is 5.16 Å². The van der Waals surface area contributed by atoms with Gasteiger partial charge in [0.15, 0.2) is 10.9 Å². The molecule has 5 aromatic rings. The highest BCUT2D eigenvalue weighted by Crippen LogP contribution is 2.29. The van der Waals surface area contributed by atoms with E-state index in [1.165, 1.54) is 11.8 Å². The summed E-state index contributed by atoms with van der Waals surface area (Å²) in [6, 6.07) is 35.6. The smallest absolute Gasteiger partial charge is 0.173 e. The van der Waals surface area contributed by atoms with E-state index in [2.05, 4.69) is 12.1 Å². The lowest BCUT2D eigenvalue weighted by Crippen LogP contribution is -2.04. The lowest BCUT2D eigenvalue weighted by atomic mass is 10.0. The molecule has 0 atom stereocenters. The molecule has 0 amide bonds. The number of rotatable bonds is 7. The van der Waals surface area contributed by atoms with Crippen LogP contribution in [0.2, 0.25) is 5.02 Å². The summed E-state index contributed by atoms with van der Waals surface area (Å²) in [4.78, 5) is 17.8. The largest absolute Gasteiger partial charge is 0.294 e. The summed E-state index contributed by atoms with van der Waals surface area (Å²) in [5.74, 6) is 0.361. The molecule has 0 aliphatic rings. The minimum absolute atomic E-state index is 0.0662. The Bertz CT molecular complexity index is 1400. The normalized spacial score (nSPS) is 10.9. The number of benzene rings is 4. The van der Waals surface area contributed by atoms with Gasteiger partial charge in [0, 0.05) is 28.0 Å². The van der Waals surface area contributed by atoms with Crippen molar-refractivity contribution in [1.82, 2.24) is 9.55 Å². The molecule has 0 fully saturated rings. The minimum Gasteiger partial charge on any atom is -0.294 e. The van der Waals surface area contributed by atoms with Gasteiger partial charge in [0.1, 0.15) is 0 Å². The number of Topliss-reactive ketones (excluding diaryl/α,β-unsaturated/α-hetero) is 1. The first-order valence-electron chi connectivity index (χ1n) is 10.9. The molecule has 0 aliphatic heterocycles. The second-order valence-electron chi connectivity index (χ2n) is 7.78. The summed E-state index contributed by atoms with van der Waals surface area (Å²) in [7, 11) is 0. The van der Waals surface area contributed by atoms with Crippen molar-refractivity contribution in [2.24, 2.45) is 0 Å². The van der Waals surface area contributed by atoms with Gasteiger partial charge in [0.25, 0.3) is 0 Å². The maximum atomic E-state index is 13.0. The van der Waals surface area contributed by atoms with Crippen molar-refractivity contribution < 1.29 is 4.79 Å². The van der Waals surface area contributed by atoms with Crippen molar-refractivity contribution in [3.05, 3.63) is 126 Å². The quantitative estimate of drug-likeness (QED) is 0.176. The molecule has 1 heterocycles. The van der Waals surface area contributed by atoms with Crippen molar-refractivity contribution >= 4 is 29.1 Å². The zero-order valence-electron chi connectivity index (χ0n) is 18.3. The zero-order valence-corrected chi connectivity index (χ0v) is 19.8. The van der Waals surface area contributed by atoms with E-state index in [9.17, 15) is 4.79 Å². The molecule has 0 N–H and O–H groups in total. The van der Waals surface area contributed by atoms with Crippen LogP contribution in [-0.2, 0) is 0 Å². The molecule has 3 nitrogen and oxygen atoms in total. The van der Waals surface area contributed by atoms with E-state index in [1.54, 1.807) is 0 Å². The topological polar surface area (TPSA) is 34.9 Å². The monoisotopic (exact) mass is 480 g/mol. The van der Waals surface area contributed by atoms with E-state index in [1.807, 2.05) is 108 Å². The maximum Gasteiger partial charge on any atom is 0.173 e. The SMILES string of the molecule is O=C(CSc1nc(-c2ccccc2)cn1-c1ccc(Cl)cc1)c1ccc(-c2ccccc2)cc1. The molecular formula is C29H21ClN2OS. The number of carbonyl (C=O) groups excluding carboxylic acids is 1. The van der Waals surface area contributed by atoms with Crippen LogP contribution in [-0.4, -0.2) is 21.1 Å². The molecule has 0 unspecified atom stereocenters. The van der Waals surface area contributed by atoms with Crippen LogP contribution < -0.4 is 0 Å². The van der Waals surface area contributed by atoms with Crippen LogP contribution in [0.25, 0.3) is 28.1 Å². The van der Waals surface area contributed by atoms with Gasteiger partial charge in [0.05, 0.1) is 11.4 Å². The fourth-order valence-corrected chi connectivity index (χ4v) is 4.71. The Kier molecular flexibility index (Phi) is 6.61. The van der Waals surface area contributed by atoms with Crippen molar-refractivity contribution in [1.29, 1.82) is 0 Å². The number of thioether (sulfide) groups is 1. The van der Waals surface area contributed by atoms with Gasteiger partial charge in [-0.15, -0.1) is 0 Å². The number of aromatic nitrogens is 2. The van der Waals surface area contributed by atoms with Gasteiger partial charge in [-0.3, -0.25) is 9.36 Å². The predicted octanol–water partition coefficient (Wildman–Crippen LogP) is 7.83. The summed E-state index contributed by atoms with van der Waals surface area (Å²) in [5, 5.41) is 1.44. The Balaban J connectivity index is 1.37. The third-order valence-corrected chi connectivity index (χ3v) is 6.70. The Morgan fingerprint density at radius 1 is 0.735 bits per heavy atom. The fourth-order valence-electron chi connectivity index (χ4n) is 3.69. The molecule has 0 radical (unpaired) electrons. The van der Waals surface area contributed by atoms with Crippen molar-refractivity contribution in [3.63, 3.8) is 0 Å². The minimum atomic E-state index is 0.0662. The number of halogens is 1. The summed E-state index contributed by atoms with van der Waals surface area (Å²) in [5.41, 5.74) is 5.75. The lowest BCUT2D eigenvalue weighted by molar-refractivity contribution is 0.102. The van der Waals surface area contributed by atoms with E-state index >= 15 is 0 Å². The Morgan fingerprint density at radius 2 is 1.32 bits per heavy atom. The van der Waals surface area contributed by atoms with Crippen molar-refractivity contribution in [3.8, 4) is 28.1 Å². The van der Waals surface area contributed by atoms with Crippen LogP contribution in [0.15, 0.2) is 121 Å². The number of hydrogen-bond acceptors (Lipinski definition) is 3. The Morgan fingerprint density at radius 3 is 1.97 bits per heavy atom. The number of carbonyl (C=O) groups is 1. The molecular weight excluding hydrogens is 460 g/mol. The van der Waals surface area contributed by atoms with Gasteiger partial charge in [-0.25, -0.2) is 4.98 Å². The van der Waals surface area contributed by atoms with Gasteiger partial charge < -0.3 is 0 Å². The van der Waals surface area contributed by atoms with E-state index in [0.717, 1.165) is 33.2 Å². The number of imidazole rings is 1. The maximum absolute atomic E-state index is 13.0. The number of ketones is 1. The number of hydrogen-bond donors (Lipinski definition) is 0. The molecule has 5 heteroatoms. The van der Waals surface area contributed by atoms with Crippen LogP contribution >= 0.6 is 23.4 Å². The first-order chi connectivity index (χ1) is 16.7. The predicted molar refractivity (Wildman–Crippen MR) is 141 cm³/mol. The van der Waals surface area contributed by atoms with Crippen LogP contribution in [0.5, 0.6) is 0 Å². The molecule has 0 spiro atoms. The highest BCUT2D eigenvalue weighted by atomic mass is 35.5. The summed E-state index contributed by atoms with van der Waals surface area (Å²) < 4.78 is 2.01. The molecule has 0 aliphatic carbocycles. The first kappa shape index (κ1) is 22.2. The summed E-state index contributed by atoms with van der Waals surface area (Å²) in [6.07, 6.45) is 2.00. The van der Waals surface area contributed by atoms with E-state index < -0.39 is 0 Å². The third-order valence-electron chi connectivity index (χ3n) is 5.49. The lowest BCUT2D eigenvalue weighted by Gasteiger charge is -2.08. The number of nitrogens with zero attached hydrogens (tertiary/aromatic N) is 2. The van der Waals surface area contributed by atoms with Gasteiger partial charge in [-0.1, -0.05) is 108 Å². The van der Waals surface area contributed by atoms with Gasteiger partial charge in [-0.2, -0.15) is 0 Å². The molecule has 5 rings (SSSR count). The Hall–Kier alpha value is -3.60. The fraction of sp³-hybridized carbons (Fsp3) is 0.0345. The van der Waals surface area contributed by atoms with E-state index in [0.29, 0.717) is 16.3 Å². The standard InChI is InChI=1S/C29H21ClN2OS/c30-25-15-17-26(18-16-25)32-19-27(23-9-5-2-6-10-23)31-29(32)34-20-28(33)24-13-11-22(12-14-24)21-7-3-1-4-8-21/h1-19H,20H2. The third kappa shape index (κ3) is 4.98. The van der Waals surface area contributed by atoms with Gasteiger partial charge >= 0.3 is 0 Å². The molecule has 0 bridgehead atoms. The van der Waals surface area contributed by atoms with Crippen LogP contribution in [0.3, 0.4) is 0 Å². The van der Waals surface area contributed by atoms with E-state index in [-0.39, 0.29) is 5.78 Å². The van der Waals surface area contributed by atoms with Crippen LogP contribution in [0, 0.1) is 0 Å². The van der Waals surface area contributed by atoms with Gasteiger partial charge in [0.2, 0.25) is 0 Å². The summed E-state index contributed by atoms with van der Waals surface area (Å²) >= 11 is 7.52. The van der Waals surface area contributed by atoms with Crippen molar-refractivity contribution in [2.75, 3.05) is 5.75 Å². The molecule has 0 saturated heterocycles. The second-order valence-corrected chi connectivity index (χ2v) is 9.16. The molecule has 1 aromatic heterocycles. The summed E-state index contributed by atoms with van der Waals surface area (Å²) in [6.45, 7) is 0. The van der Waals surface area contributed by atoms with E-state index in [4.69, 9.17) is 16.6 Å². The Labute approximate surface area is 208 Å². The second kappa shape index (κ2) is 10.1.